The molecule has 1 unspecified atom stereocenters. The highest BCUT2D eigenvalue weighted by Crippen LogP contribution is 2.11. The first-order chi connectivity index (χ1) is 10.5. The Kier molecular flexibility index (Phi) is 5.21. The van der Waals surface area contributed by atoms with Crippen LogP contribution in [0.2, 0.25) is 0 Å². The number of aromatic nitrogens is 1. The lowest BCUT2D eigenvalue weighted by atomic mass is 9.98. The van der Waals surface area contributed by atoms with Crippen LogP contribution in [0.25, 0.3) is 0 Å². The molecule has 0 spiro atoms. The molecule has 0 saturated heterocycles. The SMILES string of the molecule is Cc1nc(C(=O)NCC(Cc2ccc(F)cc2)C(N)=O)cs1. The van der Waals surface area contributed by atoms with Crippen LogP contribution in [0.15, 0.2) is 29.6 Å². The first kappa shape index (κ1) is 16.1. The minimum atomic E-state index is -0.561. The third-order valence-electron chi connectivity index (χ3n) is 3.16. The van der Waals surface area contributed by atoms with E-state index in [0.29, 0.717) is 12.1 Å². The van der Waals surface area contributed by atoms with Gasteiger partial charge in [0.15, 0.2) is 0 Å². The van der Waals surface area contributed by atoms with Gasteiger partial charge in [0.1, 0.15) is 11.5 Å². The van der Waals surface area contributed by atoms with E-state index in [4.69, 9.17) is 5.73 Å². The van der Waals surface area contributed by atoms with Crippen molar-refractivity contribution < 1.29 is 14.0 Å². The summed E-state index contributed by atoms with van der Waals surface area (Å²) in [7, 11) is 0. The van der Waals surface area contributed by atoms with Crippen molar-refractivity contribution in [3.05, 3.63) is 51.7 Å². The van der Waals surface area contributed by atoms with E-state index in [2.05, 4.69) is 10.3 Å². The quantitative estimate of drug-likeness (QED) is 0.848. The van der Waals surface area contributed by atoms with Gasteiger partial charge in [-0.15, -0.1) is 11.3 Å². The van der Waals surface area contributed by atoms with Crippen LogP contribution in [0.3, 0.4) is 0 Å². The molecule has 2 rings (SSSR count). The van der Waals surface area contributed by atoms with Gasteiger partial charge in [-0.2, -0.15) is 0 Å². The van der Waals surface area contributed by atoms with Crippen LogP contribution < -0.4 is 11.1 Å². The number of aryl methyl sites for hydroxylation is 1. The maximum absolute atomic E-state index is 12.9. The minimum Gasteiger partial charge on any atom is -0.369 e. The fourth-order valence-electron chi connectivity index (χ4n) is 1.95. The molecule has 116 valence electrons. The Morgan fingerprint density at radius 1 is 1.36 bits per heavy atom. The number of nitrogens with zero attached hydrogens (tertiary/aromatic N) is 1. The average molecular weight is 321 g/mol. The van der Waals surface area contributed by atoms with Crippen LogP contribution in [0.4, 0.5) is 4.39 Å². The van der Waals surface area contributed by atoms with Crippen LogP contribution in [0.1, 0.15) is 21.1 Å². The number of halogens is 1. The Morgan fingerprint density at radius 2 is 2.05 bits per heavy atom. The van der Waals surface area contributed by atoms with Crippen LogP contribution >= 0.6 is 11.3 Å². The van der Waals surface area contributed by atoms with E-state index in [1.165, 1.54) is 23.5 Å². The maximum Gasteiger partial charge on any atom is 0.270 e. The lowest BCUT2D eigenvalue weighted by Gasteiger charge is -2.14. The van der Waals surface area contributed by atoms with Gasteiger partial charge in [0.25, 0.3) is 5.91 Å². The van der Waals surface area contributed by atoms with E-state index in [9.17, 15) is 14.0 Å². The number of thiazole rings is 1. The number of amides is 2. The second-order valence-corrected chi connectivity index (χ2v) is 5.95. The predicted molar refractivity (Wildman–Crippen MR) is 82.0 cm³/mol. The Hall–Kier alpha value is -2.28. The molecule has 1 heterocycles. The Balaban J connectivity index is 1.95. The lowest BCUT2D eigenvalue weighted by molar-refractivity contribution is -0.121. The Morgan fingerprint density at radius 3 is 2.59 bits per heavy atom. The zero-order valence-electron chi connectivity index (χ0n) is 12.0. The zero-order valence-corrected chi connectivity index (χ0v) is 12.8. The fourth-order valence-corrected chi connectivity index (χ4v) is 2.55. The van der Waals surface area contributed by atoms with Crippen LogP contribution in [0, 0.1) is 18.7 Å². The van der Waals surface area contributed by atoms with E-state index in [1.54, 1.807) is 17.5 Å². The molecule has 5 nitrogen and oxygen atoms in total. The highest BCUT2D eigenvalue weighted by molar-refractivity contribution is 7.09. The summed E-state index contributed by atoms with van der Waals surface area (Å²) < 4.78 is 12.9. The van der Waals surface area contributed by atoms with Gasteiger partial charge in [0.2, 0.25) is 5.91 Å². The summed E-state index contributed by atoms with van der Waals surface area (Å²) in [5, 5.41) is 5.11. The van der Waals surface area contributed by atoms with Crippen molar-refractivity contribution in [1.29, 1.82) is 0 Å². The number of nitrogens with one attached hydrogen (secondary N) is 1. The number of rotatable bonds is 6. The summed E-state index contributed by atoms with van der Waals surface area (Å²) in [4.78, 5) is 27.5. The molecular formula is C15H16FN3O2S. The lowest BCUT2D eigenvalue weighted by Crippen LogP contribution is -2.37. The minimum absolute atomic E-state index is 0.113. The molecule has 0 radical (unpaired) electrons. The summed E-state index contributed by atoms with van der Waals surface area (Å²) in [5.74, 6) is -1.76. The van der Waals surface area contributed by atoms with Crippen molar-refractivity contribution >= 4 is 23.2 Å². The number of hydrogen-bond donors (Lipinski definition) is 2. The fraction of sp³-hybridized carbons (Fsp3) is 0.267. The number of benzene rings is 1. The molecule has 0 aliphatic heterocycles. The number of carbonyl (C=O) groups is 2. The molecule has 1 atom stereocenters. The molecule has 7 heteroatoms. The smallest absolute Gasteiger partial charge is 0.270 e. The number of primary amides is 1. The summed E-state index contributed by atoms with van der Waals surface area (Å²) >= 11 is 1.38. The van der Waals surface area contributed by atoms with Gasteiger partial charge in [-0.1, -0.05) is 12.1 Å². The monoisotopic (exact) mass is 321 g/mol. The van der Waals surface area contributed by atoms with Crippen molar-refractivity contribution in [2.45, 2.75) is 13.3 Å². The van der Waals surface area contributed by atoms with Crippen molar-refractivity contribution in [3.8, 4) is 0 Å². The summed E-state index contributed by atoms with van der Waals surface area (Å²) in [6.07, 6.45) is 0.339. The normalized spacial score (nSPS) is 11.9. The second-order valence-electron chi connectivity index (χ2n) is 4.89. The highest BCUT2D eigenvalue weighted by atomic mass is 32.1. The number of hydrogen-bond acceptors (Lipinski definition) is 4. The van der Waals surface area contributed by atoms with Gasteiger partial charge in [0.05, 0.1) is 10.9 Å². The third-order valence-corrected chi connectivity index (χ3v) is 3.93. The van der Waals surface area contributed by atoms with Gasteiger partial charge in [-0.25, -0.2) is 9.37 Å². The average Bonchev–Trinajstić information content (AvgIpc) is 2.91. The third kappa shape index (κ3) is 4.36. The van der Waals surface area contributed by atoms with Crippen LogP contribution in [0.5, 0.6) is 0 Å². The van der Waals surface area contributed by atoms with Crippen molar-refractivity contribution in [3.63, 3.8) is 0 Å². The highest BCUT2D eigenvalue weighted by Gasteiger charge is 2.18. The molecule has 3 N–H and O–H groups in total. The molecular weight excluding hydrogens is 305 g/mol. The van der Waals surface area contributed by atoms with Gasteiger partial charge >= 0.3 is 0 Å². The van der Waals surface area contributed by atoms with E-state index < -0.39 is 11.8 Å². The van der Waals surface area contributed by atoms with E-state index >= 15 is 0 Å². The number of nitrogens with two attached hydrogens (primary N) is 1. The summed E-state index contributed by atoms with van der Waals surface area (Å²) in [6.45, 7) is 1.92. The van der Waals surface area contributed by atoms with E-state index in [1.807, 2.05) is 6.92 Å². The van der Waals surface area contributed by atoms with Gasteiger partial charge in [-0.05, 0) is 31.0 Å². The van der Waals surface area contributed by atoms with Crippen LogP contribution in [-0.2, 0) is 11.2 Å². The molecule has 0 bridgehead atoms. The van der Waals surface area contributed by atoms with E-state index in [-0.39, 0.29) is 18.3 Å². The zero-order chi connectivity index (χ0) is 16.1. The topological polar surface area (TPSA) is 85.1 Å². The maximum atomic E-state index is 12.9. The molecule has 2 aromatic rings. The Labute approximate surface area is 131 Å². The second kappa shape index (κ2) is 7.13. The number of carbonyl (C=O) groups excluding carboxylic acids is 2. The molecule has 22 heavy (non-hydrogen) atoms. The molecule has 0 saturated carbocycles. The molecule has 0 aliphatic rings. The first-order valence-electron chi connectivity index (χ1n) is 6.70. The van der Waals surface area contributed by atoms with Crippen molar-refractivity contribution in [2.24, 2.45) is 11.7 Å². The van der Waals surface area contributed by atoms with Crippen molar-refractivity contribution in [1.82, 2.24) is 10.3 Å². The molecule has 1 aromatic carbocycles. The summed E-state index contributed by atoms with van der Waals surface area (Å²) in [6, 6.07) is 5.84. The molecule has 0 aliphatic carbocycles. The predicted octanol–water partition coefficient (Wildman–Crippen LogP) is 1.66. The molecule has 0 fully saturated rings. The first-order valence-corrected chi connectivity index (χ1v) is 7.57. The van der Waals surface area contributed by atoms with E-state index in [0.717, 1.165) is 10.6 Å². The Bertz CT molecular complexity index is 670. The standard InChI is InChI=1S/C15H16FN3O2S/c1-9-19-13(8-22-9)15(21)18-7-11(14(17)20)6-10-2-4-12(16)5-3-10/h2-5,8,11H,6-7H2,1H3,(H2,17,20)(H,18,21). The molecule has 1 aromatic heterocycles. The van der Waals surface area contributed by atoms with Gasteiger partial charge in [0, 0.05) is 11.9 Å². The summed E-state index contributed by atoms with van der Waals surface area (Å²) in [5.41, 5.74) is 6.47. The van der Waals surface area contributed by atoms with Crippen LogP contribution in [-0.4, -0.2) is 23.3 Å². The van der Waals surface area contributed by atoms with Gasteiger partial charge in [-0.3, -0.25) is 9.59 Å². The van der Waals surface area contributed by atoms with Crippen molar-refractivity contribution in [2.75, 3.05) is 6.54 Å². The van der Waals surface area contributed by atoms with Gasteiger partial charge < -0.3 is 11.1 Å². The molecule has 2 amide bonds. The largest absolute Gasteiger partial charge is 0.369 e.